The summed E-state index contributed by atoms with van der Waals surface area (Å²) in [7, 11) is 0. The standard InChI is InChI=1S/C14H19NO3/c16-12-5-3-11(4-6-12)9-13(17)15-10-14(18)7-1-2-8-14/h3-6,16,18H,1-2,7-10H2,(H,15,17). The lowest BCUT2D eigenvalue weighted by molar-refractivity contribution is -0.121. The van der Waals surface area contributed by atoms with E-state index in [1.807, 2.05) is 0 Å². The van der Waals surface area contributed by atoms with E-state index in [0.717, 1.165) is 31.2 Å². The number of hydrogen-bond acceptors (Lipinski definition) is 3. The molecule has 2 rings (SSSR count). The number of carbonyl (C=O) groups is 1. The Kier molecular flexibility index (Phi) is 3.87. The van der Waals surface area contributed by atoms with E-state index >= 15 is 0 Å². The lowest BCUT2D eigenvalue weighted by Gasteiger charge is -2.22. The molecule has 0 radical (unpaired) electrons. The van der Waals surface area contributed by atoms with Gasteiger partial charge in [-0.1, -0.05) is 25.0 Å². The van der Waals surface area contributed by atoms with Gasteiger partial charge in [0.05, 0.1) is 12.0 Å². The number of phenols is 1. The minimum atomic E-state index is -0.704. The molecule has 1 aliphatic carbocycles. The summed E-state index contributed by atoms with van der Waals surface area (Å²) in [5.41, 5.74) is 0.147. The predicted molar refractivity (Wildman–Crippen MR) is 68.2 cm³/mol. The Morgan fingerprint density at radius 3 is 2.44 bits per heavy atom. The molecule has 1 aliphatic rings. The van der Waals surface area contributed by atoms with Crippen molar-refractivity contribution in [3.05, 3.63) is 29.8 Å². The van der Waals surface area contributed by atoms with Gasteiger partial charge in [0, 0.05) is 6.54 Å². The molecule has 3 N–H and O–H groups in total. The molecule has 1 fully saturated rings. The van der Waals surface area contributed by atoms with Crippen LogP contribution in [0.3, 0.4) is 0 Å². The molecule has 0 atom stereocenters. The van der Waals surface area contributed by atoms with Gasteiger partial charge in [-0.25, -0.2) is 0 Å². The van der Waals surface area contributed by atoms with Crippen molar-refractivity contribution < 1.29 is 15.0 Å². The third-order valence-corrected chi connectivity index (χ3v) is 3.45. The van der Waals surface area contributed by atoms with Crippen LogP contribution in [0, 0.1) is 0 Å². The van der Waals surface area contributed by atoms with Crippen molar-refractivity contribution in [3.63, 3.8) is 0 Å². The van der Waals surface area contributed by atoms with Crippen molar-refractivity contribution in [2.75, 3.05) is 6.54 Å². The number of benzene rings is 1. The summed E-state index contributed by atoms with van der Waals surface area (Å²) in [6, 6.07) is 6.57. The average Bonchev–Trinajstić information content (AvgIpc) is 2.78. The molecule has 1 amide bonds. The van der Waals surface area contributed by atoms with Gasteiger partial charge in [0.1, 0.15) is 5.75 Å². The molecule has 4 nitrogen and oxygen atoms in total. The van der Waals surface area contributed by atoms with E-state index in [1.54, 1.807) is 24.3 Å². The second-order valence-electron chi connectivity index (χ2n) is 5.05. The molecule has 98 valence electrons. The number of aromatic hydroxyl groups is 1. The van der Waals surface area contributed by atoms with Crippen molar-refractivity contribution in [2.24, 2.45) is 0 Å². The summed E-state index contributed by atoms with van der Waals surface area (Å²) >= 11 is 0. The van der Waals surface area contributed by atoms with Crippen LogP contribution in [0.25, 0.3) is 0 Å². The number of amides is 1. The lowest BCUT2D eigenvalue weighted by atomic mass is 10.0. The molecular formula is C14H19NO3. The van der Waals surface area contributed by atoms with E-state index in [-0.39, 0.29) is 18.1 Å². The number of phenolic OH excluding ortho intramolecular Hbond substituents is 1. The molecule has 4 heteroatoms. The van der Waals surface area contributed by atoms with E-state index in [4.69, 9.17) is 5.11 Å². The highest BCUT2D eigenvalue weighted by molar-refractivity contribution is 5.78. The monoisotopic (exact) mass is 249 g/mol. The second-order valence-corrected chi connectivity index (χ2v) is 5.05. The van der Waals surface area contributed by atoms with Gasteiger partial charge in [-0.05, 0) is 30.5 Å². The normalized spacial score (nSPS) is 17.6. The second kappa shape index (κ2) is 5.40. The molecule has 0 spiro atoms. The highest BCUT2D eigenvalue weighted by Gasteiger charge is 2.31. The molecule has 1 aromatic rings. The highest BCUT2D eigenvalue weighted by Crippen LogP contribution is 2.28. The molecule has 1 aromatic carbocycles. The Hall–Kier alpha value is -1.55. The first kappa shape index (κ1) is 12.9. The number of aliphatic hydroxyl groups is 1. The van der Waals surface area contributed by atoms with Crippen molar-refractivity contribution in [2.45, 2.75) is 37.7 Å². The summed E-state index contributed by atoms with van der Waals surface area (Å²) in [6.45, 7) is 0.337. The van der Waals surface area contributed by atoms with Gasteiger partial charge in [0.15, 0.2) is 0 Å². The Morgan fingerprint density at radius 2 is 1.83 bits per heavy atom. The summed E-state index contributed by atoms with van der Waals surface area (Å²) in [4.78, 5) is 11.7. The van der Waals surface area contributed by atoms with Gasteiger partial charge < -0.3 is 15.5 Å². The Bertz CT molecular complexity index is 408. The zero-order valence-electron chi connectivity index (χ0n) is 10.4. The highest BCUT2D eigenvalue weighted by atomic mass is 16.3. The maximum Gasteiger partial charge on any atom is 0.224 e. The molecule has 0 heterocycles. The van der Waals surface area contributed by atoms with E-state index in [1.165, 1.54) is 0 Å². The van der Waals surface area contributed by atoms with Crippen LogP contribution in [0.15, 0.2) is 24.3 Å². The first-order valence-corrected chi connectivity index (χ1v) is 6.34. The van der Waals surface area contributed by atoms with Crippen LogP contribution < -0.4 is 5.32 Å². The number of nitrogens with one attached hydrogen (secondary N) is 1. The average molecular weight is 249 g/mol. The van der Waals surface area contributed by atoms with Gasteiger partial charge >= 0.3 is 0 Å². The molecule has 0 aromatic heterocycles. The number of rotatable bonds is 4. The van der Waals surface area contributed by atoms with Crippen molar-refractivity contribution in [1.82, 2.24) is 5.32 Å². The molecule has 0 saturated heterocycles. The largest absolute Gasteiger partial charge is 0.508 e. The van der Waals surface area contributed by atoms with Crippen molar-refractivity contribution in [3.8, 4) is 5.75 Å². The van der Waals surface area contributed by atoms with Crippen LogP contribution >= 0.6 is 0 Å². The first-order chi connectivity index (χ1) is 8.57. The Labute approximate surface area is 107 Å². The molecule has 0 unspecified atom stereocenters. The van der Waals surface area contributed by atoms with E-state index < -0.39 is 5.60 Å². The van der Waals surface area contributed by atoms with Crippen LogP contribution in [0.2, 0.25) is 0 Å². The van der Waals surface area contributed by atoms with Gasteiger partial charge in [0.25, 0.3) is 0 Å². The minimum Gasteiger partial charge on any atom is -0.508 e. The fourth-order valence-corrected chi connectivity index (χ4v) is 2.33. The fourth-order valence-electron chi connectivity index (χ4n) is 2.33. The molecule has 1 saturated carbocycles. The third kappa shape index (κ3) is 3.47. The molecular weight excluding hydrogens is 230 g/mol. The van der Waals surface area contributed by atoms with Gasteiger partial charge in [-0.15, -0.1) is 0 Å². The molecule has 0 bridgehead atoms. The third-order valence-electron chi connectivity index (χ3n) is 3.45. The van der Waals surface area contributed by atoms with Crippen molar-refractivity contribution in [1.29, 1.82) is 0 Å². The SMILES string of the molecule is O=C(Cc1ccc(O)cc1)NCC1(O)CCCC1. The van der Waals surface area contributed by atoms with Crippen LogP contribution in [-0.4, -0.2) is 28.3 Å². The van der Waals surface area contributed by atoms with Crippen LogP contribution in [0.1, 0.15) is 31.2 Å². The number of hydrogen-bond donors (Lipinski definition) is 3. The summed E-state index contributed by atoms with van der Waals surface area (Å²) in [5.74, 6) is 0.0976. The fraction of sp³-hybridized carbons (Fsp3) is 0.500. The first-order valence-electron chi connectivity index (χ1n) is 6.34. The maximum atomic E-state index is 11.7. The van der Waals surface area contributed by atoms with Crippen LogP contribution in [0.5, 0.6) is 5.75 Å². The van der Waals surface area contributed by atoms with Gasteiger partial charge in [-0.3, -0.25) is 4.79 Å². The Morgan fingerprint density at radius 1 is 1.22 bits per heavy atom. The molecule has 0 aliphatic heterocycles. The predicted octanol–water partition coefficient (Wildman–Crippen LogP) is 1.36. The van der Waals surface area contributed by atoms with Crippen molar-refractivity contribution >= 4 is 5.91 Å². The van der Waals surface area contributed by atoms with E-state index in [2.05, 4.69) is 5.32 Å². The zero-order valence-corrected chi connectivity index (χ0v) is 10.4. The topological polar surface area (TPSA) is 69.6 Å². The summed E-state index contributed by atoms with van der Waals surface area (Å²) in [5, 5.41) is 22.0. The zero-order chi connectivity index (χ0) is 13.0. The van der Waals surface area contributed by atoms with Gasteiger partial charge in [0.2, 0.25) is 5.91 Å². The summed E-state index contributed by atoms with van der Waals surface area (Å²) in [6.07, 6.45) is 3.88. The van der Waals surface area contributed by atoms with Gasteiger partial charge in [-0.2, -0.15) is 0 Å². The minimum absolute atomic E-state index is 0.0963. The Balaban J connectivity index is 1.80. The lowest BCUT2D eigenvalue weighted by Crippen LogP contribution is -2.41. The van der Waals surface area contributed by atoms with Crippen LogP contribution in [0.4, 0.5) is 0 Å². The smallest absolute Gasteiger partial charge is 0.224 e. The summed E-state index contributed by atoms with van der Waals surface area (Å²) < 4.78 is 0. The number of carbonyl (C=O) groups excluding carboxylic acids is 1. The van der Waals surface area contributed by atoms with Crippen LogP contribution in [-0.2, 0) is 11.2 Å². The van der Waals surface area contributed by atoms with E-state index in [0.29, 0.717) is 6.54 Å². The quantitative estimate of drug-likeness (QED) is 0.754. The molecule has 18 heavy (non-hydrogen) atoms. The maximum absolute atomic E-state index is 11.7. The van der Waals surface area contributed by atoms with E-state index in [9.17, 15) is 9.90 Å².